The number of hydrogen-bond donors (Lipinski definition) is 1. The van der Waals surface area contributed by atoms with Crippen LogP contribution in [-0.4, -0.2) is 39.9 Å². The summed E-state index contributed by atoms with van der Waals surface area (Å²) in [6.07, 6.45) is 3.07. The van der Waals surface area contributed by atoms with Gasteiger partial charge in [0.2, 0.25) is 0 Å². The fourth-order valence-electron chi connectivity index (χ4n) is 3.32. The fraction of sp³-hybridized carbons (Fsp3) is 0.130. The number of rotatable bonds is 5. The van der Waals surface area contributed by atoms with Gasteiger partial charge in [-0.05, 0) is 47.5 Å². The van der Waals surface area contributed by atoms with E-state index in [2.05, 4.69) is 20.3 Å². The third-order valence-electron chi connectivity index (χ3n) is 4.89. The summed E-state index contributed by atoms with van der Waals surface area (Å²) in [4.78, 5) is 26.6. The minimum Gasteiger partial charge on any atom is -0.373 e. The predicted molar refractivity (Wildman–Crippen MR) is 115 cm³/mol. The molecule has 0 bridgehead atoms. The Labute approximate surface area is 173 Å². The number of fused-ring (bicyclic) bond motifs is 1. The summed E-state index contributed by atoms with van der Waals surface area (Å²) >= 11 is 0. The van der Waals surface area contributed by atoms with Crippen LogP contribution in [-0.2, 0) is 6.54 Å². The number of anilines is 1. The molecule has 2 aromatic carbocycles. The molecule has 1 N–H and O–H groups in total. The smallest absolute Gasteiger partial charge is 0.272 e. The molecule has 4 aromatic rings. The van der Waals surface area contributed by atoms with Crippen LogP contribution >= 0.6 is 0 Å². The summed E-state index contributed by atoms with van der Waals surface area (Å²) in [5, 5.41) is 3.94. The first-order chi connectivity index (χ1) is 14.6. The zero-order valence-corrected chi connectivity index (χ0v) is 16.6. The summed E-state index contributed by atoms with van der Waals surface area (Å²) in [5.74, 6) is 0.103. The van der Waals surface area contributed by atoms with Gasteiger partial charge in [0.1, 0.15) is 23.7 Å². The standard InChI is InChI=1S/C23H20FN5O/c1-25-22-18-12-16(7-9-20(18)27-14-28-22)15-6-8-19(24)17(11-15)13-29(2)23(30)21-5-3-4-10-26-21/h3-12,14H,13H2,1-2H3,(H,25,27,28). The second-order valence-electron chi connectivity index (χ2n) is 6.89. The van der Waals surface area contributed by atoms with Gasteiger partial charge in [0.25, 0.3) is 5.91 Å². The number of carbonyl (C=O) groups excluding carboxylic acids is 1. The van der Waals surface area contributed by atoms with E-state index in [9.17, 15) is 9.18 Å². The lowest BCUT2D eigenvalue weighted by Crippen LogP contribution is -2.27. The Balaban J connectivity index is 1.65. The van der Waals surface area contributed by atoms with Gasteiger partial charge in [-0.1, -0.05) is 18.2 Å². The monoisotopic (exact) mass is 401 g/mol. The summed E-state index contributed by atoms with van der Waals surface area (Å²) in [5.41, 5.74) is 3.33. The normalized spacial score (nSPS) is 10.8. The first kappa shape index (κ1) is 19.4. The minimum absolute atomic E-state index is 0.132. The number of benzene rings is 2. The average molecular weight is 401 g/mol. The van der Waals surface area contributed by atoms with Crippen molar-refractivity contribution in [2.24, 2.45) is 0 Å². The SMILES string of the molecule is CNc1ncnc2ccc(-c3ccc(F)c(CN(C)C(=O)c4ccccn4)c3)cc12. The highest BCUT2D eigenvalue weighted by Crippen LogP contribution is 2.28. The van der Waals surface area contributed by atoms with E-state index in [1.165, 1.54) is 17.3 Å². The van der Waals surface area contributed by atoms with Gasteiger partial charge in [0.05, 0.1) is 5.52 Å². The maximum atomic E-state index is 14.5. The Kier molecular flexibility index (Phi) is 5.34. The van der Waals surface area contributed by atoms with Crippen LogP contribution in [0.4, 0.5) is 10.2 Å². The Morgan fingerprint density at radius 3 is 2.60 bits per heavy atom. The number of amides is 1. The molecule has 0 unspecified atom stereocenters. The number of pyridine rings is 1. The number of aromatic nitrogens is 3. The average Bonchev–Trinajstić information content (AvgIpc) is 2.79. The summed E-state index contributed by atoms with van der Waals surface area (Å²) in [6, 6.07) is 15.9. The quantitative estimate of drug-likeness (QED) is 0.544. The number of halogens is 1. The summed E-state index contributed by atoms with van der Waals surface area (Å²) in [6.45, 7) is 0.132. The van der Waals surface area contributed by atoms with Crippen molar-refractivity contribution in [3.05, 3.63) is 84.2 Å². The van der Waals surface area contributed by atoms with E-state index in [0.29, 0.717) is 11.3 Å². The molecule has 0 spiro atoms. The van der Waals surface area contributed by atoms with E-state index < -0.39 is 0 Å². The number of carbonyl (C=O) groups is 1. The molecule has 1 amide bonds. The molecule has 150 valence electrons. The van der Waals surface area contributed by atoms with Gasteiger partial charge < -0.3 is 10.2 Å². The Hall–Kier alpha value is -3.87. The zero-order chi connectivity index (χ0) is 21.1. The molecule has 0 saturated carbocycles. The van der Waals surface area contributed by atoms with Crippen LogP contribution in [0.2, 0.25) is 0 Å². The molecule has 30 heavy (non-hydrogen) atoms. The van der Waals surface area contributed by atoms with Crippen molar-refractivity contribution in [1.82, 2.24) is 19.9 Å². The molecule has 0 aliphatic heterocycles. The van der Waals surface area contributed by atoms with Crippen molar-refractivity contribution in [1.29, 1.82) is 0 Å². The predicted octanol–water partition coefficient (Wildman–Crippen LogP) is 4.14. The molecule has 0 radical (unpaired) electrons. The molecular weight excluding hydrogens is 381 g/mol. The lowest BCUT2D eigenvalue weighted by molar-refractivity contribution is 0.0778. The number of nitrogens with one attached hydrogen (secondary N) is 1. The zero-order valence-electron chi connectivity index (χ0n) is 16.6. The van der Waals surface area contributed by atoms with Crippen molar-refractivity contribution in [3.63, 3.8) is 0 Å². The number of nitrogens with zero attached hydrogens (tertiary/aromatic N) is 4. The van der Waals surface area contributed by atoms with E-state index in [4.69, 9.17) is 0 Å². The van der Waals surface area contributed by atoms with Gasteiger partial charge in [0, 0.05) is 37.8 Å². The van der Waals surface area contributed by atoms with E-state index in [0.717, 1.165) is 27.8 Å². The second kappa shape index (κ2) is 8.24. The molecule has 2 aromatic heterocycles. The maximum Gasteiger partial charge on any atom is 0.272 e. The van der Waals surface area contributed by atoms with Crippen LogP contribution in [0.5, 0.6) is 0 Å². The van der Waals surface area contributed by atoms with Gasteiger partial charge in [-0.25, -0.2) is 14.4 Å². The van der Waals surface area contributed by atoms with Crippen molar-refractivity contribution >= 4 is 22.6 Å². The van der Waals surface area contributed by atoms with E-state index in [-0.39, 0.29) is 18.3 Å². The van der Waals surface area contributed by atoms with Crippen LogP contribution < -0.4 is 5.32 Å². The summed E-state index contributed by atoms with van der Waals surface area (Å²) in [7, 11) is 3.44. The van der Waals surface area contributed by atoms with E-state index >= 15 is 0 Å². The molecule has 6 nitrogen and oxygen atoms in total. The molecule has 0 fully saturated rings. The Morgan fingerprint density at radius 2 is 1.83 bits per heavy atom. The highest BCUT2D eigenvalue weighted by atomic mass is 19.1. The third-order valence-corrected chi connectivity index (χ3v) is 4.89. The van der Waals surface area contributed by atoms with E-state index in [1.807, 2.05) is 18.2 Å². The van der Waals surface area contributed by atoms with Crippen LogP contribution in [0.1, 0.15) is 16.1 Å². The van der Waals surface area contributed by atoms with Gasteiger partial charge >= 0.3 is 0 Å². The minimum atomic E-state index is -0.362. The van der Waals surface area contributed by atoms with Crippen LogP contribution in [0.15, 0.2) is 67.1 Å². The van der Waals surface area contributed by atoms with Crippen LogP contribution in [0.25, 0.3) is 22.0 Å². The lowest BCUT2D eigenvalue weighted by Gasteiger charge is -2.18. The first-order valence-corrected chi connectivity index (χ1v) is 9.44. The Bertz CT molecular complexity index is 1210. The van der Waals surface area contributed by atoms with Crippen molar-refractivity contribution in [2.45, 2.75) is 6.54 Å². The fourth-order valence-corrected chi connectivity index (χ4v) is 3.32. The van der Waals surface area contributed by atoms with Crippen molar-refractivity contribution in [3.8, 4) is 11.1 Å². The lowest BCUT2D eigenvalue weighted by atomic mass is 10.0. The molecular formula is C23H20FN5O. The highest BCUT2D eigenvalue weighted by Gasteiger charge is 2.16. The summed E-state index contributed by atoms with van der Waals surface area (Å²) < 4.78 is 14.5. The second-order valence-corrected chi connectivity index (χ2v) is 6.89. The molecule has 4 rings (SSSR count). The van der Waals surface area contributed by atoms with Gasteiger partial charge in [-0.2, -0.15) is 0 Å². The van der Waals surface area contributed by atoms with Crippen LogP contribution in [0, 0.1) is 5.82 Å². The van der Waals surface area contributed by atoms with Crippen molar-refractivity contribution in [2.75, 3.05) is 19.4 Å². The molecule has 7 heteroatoms. The van der Waals surface area contributed by atoms with Crippen molar-refractivity contribution < 1.29 is 9.18 Å². The topological polar surface area (TPSA) is 71.0 Å². The Morgan fingerprint density at radius 1 is 1.03 bits per heavy atom. The van der Waals surface area contributed by atoms with E-state index in [1.54, 1.807) is 50.6 Å². The van der Waals surface area contributed by atoms with Gasteiger partial charge in [0.15, 0.2) is 0 Å². The third kappa shape index (κ3) is 3.82. The highest BCUT2D eigenvalue weighted by molar-refractivity contribution is 5.93. The van der Waals surface area contributed by atoms with Crippen LogP contribution in [0.3, 0.4) is 0 Å². The van der Waals surface area contributed by atoms with Gasteiger partial charge in [-0.3, -0.25) is 9.78 Å². The molecule has 0 aliphatic rings. The molecule has 0 aliphatic carbocycles. The van der Waals surface area contributed by atoms with Gasteiger partial charge in [-0.15, -0.1) is 0 Å². The molecule has 0 atom stereocenters. The molecule has 0 saturated heterocycles. The molecule has 2 heterocycles. The maximum absolute atomic E-state index is 14.5. The largest absolute Gasteiger partial charge is 0.373 e. The number of hydrogen-bond acceptors (Lipinski definition) is 5. The first-order valence-electron chi connectivity index (χ1n) is 9.44.